The van der Waals surface area contributed by atoms with Gasteiger partial charge in [0.1, 0.15) is 11.8 Å². The standard InChI is InChI=1S/C22H27N3O3/c1-16(22(27)24(2)15-17-8-5-4-6-9-17)23-18-11-12-19(20(14-18)28-3)25-13-7-10-21(25)26/h4-6,8-9,11-12,14,16,23H,7,10,13,15H2,1-3H3/t16-/m1/s1. The van der Waals surface area contributed by atoms with E-state index in [1.807, 2.05) is 55.5 Å². The van der Waals surface area contributed by atoms with Gasteiger partial charge >= 0.3 is 0 Å². The van der Waals surface area contributed by atoms with Gasteiger partial charge in [0.25, 0.3) is 0 Å². The number of amides is 2. The predicted octanol–water partition coefficient (Wildman–Crippen LogP) is 3.28. The molecule has 1 fully saturated rings. The summed E-state index contributed by atoms with van der Waals surface area (Å²) in [6.45, 7) is 3.11. The summed E-state index contributed by atoms with van der Waals surface area (Å²) in [6.07, 6.45) is 1.43. The minimum absolute atomic E-state index is 0.00150. The molecule has 3 rings (SSSR count). The largest absolute Gasteiger partial charge is 0.494 e. The van der Waals surface area contributed by atoms with Gasteiger partial charge in [-0.2, -0.15) is 0 Å². The van der Waals surface area contributed by atoms with Crippen molar-refractivity contribution in [2.75, 3.05) is 30.9 Å². The van der Waals surface area contributed by atoms with Crippen molar-refractivity contribution in [3.63, 3.8) is 0 Å². The fraction of sp³-hybridized carbons (Fsp3) is 0.364. The van der Waals surface area contributed by atoms with Gasteiger partial charge in [-0.25, -0.2) is 0 Å². The molecule has 1 atom stereocenters. The third kappa shape index (κ3) is 4.44. The second-order valence-corrected chi connectivity index (χ2v) is 7.08. The number of hydrogen-bond acceptors (Lipinski definition) is 4. The zero-order valence-corrected chi connectivity index (χ0v) is 16.6. The summed E-state index contributed by atoms with van der Waals surface area (Å²) < 4.78 is 5.49. The Labute approximate surface area is 166 Å². The average Bonchev–Trinajstić information content (AvgIpc) is 3.13. The van der Waals surface area contributed by atoms with Crippen molar-refractivity contribution in [2.45, 2.75) is 32.4 Å². The lowest BCUT2D eigenvalue weighted by molar-refractivity contribution is -0.130. The molecule has 6 nitrogen and oxygen atoms in total. The number of carbonyl (C=O) groups excluding carboxylic acids is 2. The number of methoxy groups -OCH3 is 1. The lowest BCUT2D eigenvalue weighted by Crippen LogP contribution is -2.38. The van der Waals surface area contributed by atoms with Crippen LogP contribution < -0.4 is 15.0 Å². The number of rotatable bonds is 7. The molecule has 2 aromatic carbocycles. The number of benzene rings is 2. The van der Waals surface area contributed by atoms with Crippen molar-refractivity contribution in [2.24, 2.45) is 0 Å². The van der Waals surface area contributed by atoms with E-state index in [-0.39, 0.29) is 11.8 Å². The Morgan fingerprint density at radius 3 is 2.64 bits per heavy atom. The normalized spacial score (nSPS) is 14.7. The van der Waals surface area contributed by atoms with Crippen LogP contribution in [0, 0.1) is 0 Å². The van der Waals surface area contributed by atoms with E-state index in [0.717, 1.165) is 23.4 Å². The third-order valence-corrected chi connectivity index (χ3v) is 4.94. The van der Waals surface area contributed by atoms with Crippen molar-refractivity contribution >= 4 is 23.2 Å². The number of hydrogen-bond donors (Lipinski definition) is 1. The Morgan fingerprint density at radius 2 is 2.00 bits per heavy atom. The van der Waals surface area contributed by atoms with Crippen molar-refractivity contribution in [1.82, 2.24) is 4.90 Å². The van der Waals surface area contributed by atoms with E-state index in [4.69, 9.17) is 4.74 Å². The molecule has 6 heteroatoms. The molecule has 1 N–H and O–H groups in total. The zero-order chi connectivity index (χ0) is 20.1. The summed E-state index contributed by atoms with van der Waals surface area (Å²) >= 11 is 0. The van der Waals surface area contributed by atoms with Gasteiger partial charge in [0.15, 0.2) is 0 Å². The van der Waals surface area contributed by atoms with Crippen LogP contribution in [0.5, 0.6) is 5.75 Å². The maximum Gasteiger partial charge on any atom is 0.244 e. The van der Waals surface area contributed by atoms with Crippen molar-refractivity contribution < 1.29 is 14.3 Å². The zero-order valence-electron chi connectivity index (χ0n) is 16.6. The topological polar surface area (TPSA) is 61.9 Å². The highest BCUT2D eigenvalue weighted by Crippen LogP contribution is 2.34. The van der Waals surface area contributed by atoms with Gasteiger partial charge in [0.2, 0.25) is 11.8 Å². The lowest BCUT2D eigenvalue weighted by atomic mass is 10.2. The molecule has 0 aromatic heterocycles. The second kappa shape index (κ2) is 8.78. The van der Waals surface area contributed by atoms with Crippen LogP contribution in [0.3, 0.4) is 0 Å². The molecule has 1 aliphatic rings. The lowest BCUT2D eigenvalue weighted by Gasteiger charge is -2.24. The monoisotopic (exact) mass is 381 g/mol. The van der Waals surface area contributed by atoms with Crippen LogP contribution in [-0.4, -0.2) is 43.5 Å². The van der Waals surface area contributed by atoms with Gasteiger partial charge in [0, 0.05) is 38.3 Å². The number of likely N-dealkylation sites (N-methyl/N-ethyl adjacent to an activating group) is 1. The number of ether oxygens (including phenoxy) is 1. The molecule has 0 saturated carbocycles. The Balaban J connectivity index is 1.66. The average molecular weight is 381 g/mol. The van der Waals surface area contributed by atoms with Crippen molar-refractivity contribution in [3.8, 4) is 5.75 Å². The first-order valence-electron chi connectivity index (χ1n) is 9.53. The van der Waals surface area contributed by atoms with Gasteiger partial charge in [-0.05, 0) is 31.0 Å². The third-order valence-electron chi connectivity index (χ3n) is 4.94. The second-order valence-electron chi connectivity index (χ2n) is 7.08. The van der Waals surface area contributed by atoms with Crippen LogP contribution in [0.1, 0.15) is 25.3 Å². The number of carbonyl (C=O) groups is 2. The molecule has 0 unspecified atom stereocenters. The Morgan fingerprint density at radius 1 is 1.25 bits per heavy atom. The Bertz CT molecular complexity index is 838. The summed E-state index contributed by atoms with van der Waals surface area (Å²) in [7, 11) is 3.39. The number of nitrogens with one attached hydrogen (secondary N) is 1. The van der Waals surface area contributed by atoms with Gasteiger partial charge in [-0.3, -0.25) is 9.59 Å². The summed E-state index contributed by atoms with van der Waals surface area (Å²) in [5, 5.41) is 3.24. The van der Waals surface area contributed by atoms with Gasteiger partial charge < -0.3 is 19.9 Å². The highest BCUT2D eigenvalue weighted by molar-refractivity contribution is 5.97. The fourth-order valence-corrected chi connectivity index (χ4v) is 3.47. The molecule has 2 aromatic rings. The predicted molar refractivity (Wildman–Crippen MR) is 111 cm³/mol. The molecule has 1 heterocycles. The van der Waals surface area contributed by atoms with E-state index < -0.39 is 6.04 Å². The van der Waals surface area contributed by atoms with Gasteiger partial charge in [-0.15, -0.1) is 0 Å². The molecule has 28 heavy (non-hydrogen) atoms. The van der Waals surface area contributed by atoms with Crippen molar-refractivity contribution in [1.29, 1.82) is 0 Å². The first-order chi connectivity index (χ1) is 13.5. The van der Waals surface area contributed by atoms with E-state index in [1.54, 1.807) is 24.0 Å². The quantitative estimate of drug-likeness (QED) is 0.800. The van der Waals surface area contributed by atoms with Crippen LogP contribution in [0.2, 0.25) is 0 Å². The number of nitrogens with zero attached hydrogens (tertiary/aromatic N) is 2. The fourth-order valence-electron chi connectivity index (χ4n) is 3.47. The van der Waals surface area contributed by atoms with E-state index in [0.29, 0.717) is 25.3 Å². The summed E-state index contributed by atoms with van der Waals surface area (Å²) in [4.78, 5) is 28.2. The molecule has 0 aliphatic carbocycles. The van der Waals surface area contributed by atoms with Crippen LogP contribution in [-0.2, 0) is 16.1 Å². The molecule has 0 bridgehead atoms. The Kier molecular flexibility index (Phi) is 6.19. The van der Waals surface area contributed by atoms with E-state index in [2.05, 4.69) is 5.32 Å². The number of anilines is 2. The molecule has 1 saturated heterocycles. The molecule has 0 spiro atoms. The van der Waals surface area contributed by atoms with E-state index in [9.17, 15) is 9.59 Å². The molecular formula is C22H27N3O3. The van der Waals surface area contributed by atoms with Crippen LogP contribution in [0.15, 0.2) is 48.5 Å². The smallest absolute Gasteiger partial charge is 0.244 e. The van der Waals surface area contributed by atoms with Crippen LogP contribution >= 0.6 is 0 Å². The summed E-state index contributed by atoms with van der Waals surface area (Å²) in [6, 6.07) is 15.1. The summed E-state index contributed by atoms with van der Waals surface area (Å²) in [5.74, 6) is 0.740. The van der Waals surface area contributed by atoms with E-state index >= 15 is 0 Å². The van der Waals surface area contributed by atoms with Crippen LogP contribution in [0.25, 0.3) is 0 Å². The SMILES string of the molecule is COc1cc(N[C@H](C)C(=O)N(C)Cc2ccccc2)ccc1N1CCCC1=O. The first kappa shape index (κ1) is 19.7. The molecular weight excluding hydrogens is 354 g/mol. The molecule has 1 aliphatic heterocycles. The highest BCUT2D eigenvalue weighted by atomic mass is 16.5. The van der Waals surface area contributed by atoms with Crippen LogP contribution in [0.4, 0.5) is 11.4 Å². The maximum absolute atomic E-state index is 12.7. The summed E-state index contributed by atoms with van der Waals surface area (Å²) in [5.41, 5.74) is 2.64. The van der Waals surface area contributed by atoms with Crippen molar-refractivity contribution in [3.05, 3.63) is 54.1 Å². The van der Waals surface area contributed by atoms with Gasteiger partial charge in [0.05, 0.1) is 12.8 Å². The maximum atomic E-state index is 12.7. The first-order valence-corrected chi connectivity index (χ1v) is 9.53. The van der Waals surface area contributed by atoms with Gasteiger partial charge in [-0.1, -0.05) is 30.3 Å². The Hall–Kier alpha value is -3.02. The minimum atomic E-state index is -0.391. The molecule has 2 amide bonds. The molecule has 0 radical (unpaired) electrons. The highest BCUT2D eigenvalue weighted by Gasteiger charge is 2.25. The van der Waals surface area contributed by atoms with E-state index in [1.165, 1.54) is 0 Å². The minimum Gasteiger partial charge on any atom is -0.494 e. The molecule has 148 valence electrons.